The molecule has 1 aliphatic heterocycles. The summed E-state index contributed by atoms with van der Waals surface area (Å²) in [4.78, 5) is 2.60. The molecule has 0 aromatic carbocycles. The van der Waals surface area contributed by atoms with E-state index in [0.29, 0.717) is 18.0 Å². The summed E-state index contributed by atoms with van der Waals surface area (Å²) in [6.45, 7) is 14.6. The SMILES string of the molecule is CC(=CCl)CN1CC(CC(C)C)NCC1C(C)C. The number of hydrogen-bond donors (Lipinski definition) is 1. The van der Waals surface area contributed by atoms with Crippen molar-refractivity contribution in [2.45, 2.75) is 53.1 Å². The minimum absolute atomic E-state index is 0.625. The maximum Gasteiger partial charge on any atom is 0.0247 e. The lowest BCUT2D eigenvalue weighted by molar-refractivity contribution is 0.102. The molecule has 1 N–H and O–H groups in total. The third-order valence-corrected chi connectivity index (χ3v) is 4.08. The van der Waals surface area contributed by atoms with Crippen LogP contribution in [0.3, 0.4) is 0 Å². The third kappa shape index (κ3) is 4.91. The van der Waals surface area contributed by atoms with Crippen LogP contribution in [0.2, 0.25) is 0 Å². The van der Waals surface area contributed by atoms with Gasteiger partial charge in [-0.1, -0.05) is 39.3 Å². The highest BCUT2D eigenvalue weighted by atomic mass is 35.5. The maximum absolute atomic E-state index is 5.81. The van der Waals surface area contributed by atoms with Gasteiger partial charge in [-0.05, 0) is 30.8 Å². The zero-order chi connectivity index (χ0) is 13.7. The Morgan fingerprint density at radius 1 is 1.39 bits per heavy atom. The highest BCUT2D eigenvalue weighted by Crippen LogP contribution is 2.19. The molecular formula is C15H29ClN2. The second-order valence-electron chi connectivity index (χ2n) is 6.43. The summed E-state index contributed by atoms with van der Waals surface area (Å²) in [7, 11) is 0. The normalized spacial score (nSPS) is 27.2. The van der Waals surface area contributed by atoms with E-state index in [1.54, 1.807) is 5.54 Å². The van der Waals surface area contributed by atoms with Gasteiger partial charge >= 0.3 is 0 Å². The van der Waals surface area contributed by atoms with E-state index < -0.39 is 0 Å². The standard InChI is InChI=1S/C15H29ClN2/c1-11(2)6-14-10-18(9-13(5)7-16)15(8-17-14)12(3)4/h7,11-12,14-15,17H,6,8-10H2,1-5H3. The fourth-order valence-electron chi connectivity index (χ4n) is 2.82. The fourth-order valence-corrected chi connectivity index (χ4v) is 2.89. The lowest BCUT2D eigenvalue weighted by Gasteiger charge is -2.43. The van der Waals surface area contributed by atoms with E-state index in [2.05, 4.69) is 44.8 Å². The van der Waals surface area contributed by atoms with Crippen LogP contribution in [-0.4, -0.2) is 36.6 Å². The predicted octanol–water partition coefficient (Wildman–Crippen LogP) is 3.47. The predicted molar refractivity (Wildman–Crippen MR) is 81.1 cm³/mol. The van der Waals surface area contributed by atoms with Crippen LogP contribution in [0.1, 0.15) is 41.0 Å². The summed E-state index contributed by atoms with van der Waals surface area (Å²) in [5.41, 5.74) is 2.98. The quantitative estimate of drug-likeness (QED) is 0.824. The second kappa shape index (κ2) is 7.52. The van der Waals surface area contributed by atoms with Crippen LogP contribution in [0.5, 0.6) is 0 Å². The van der Waals surface area contributed by atoms with Gasteiger partial charge in [0.05, 0.1) is 0 Å². The molecule has 1 aliphatic rings. The van der Waals surface area contributed by atoms with Gasteiger partial charge < -0.3 is 5.32 Å². The Labute approximate surface area is 118 Å². The van der Waals surface area contributed by atoms with Crippen LogP contribution < -0.4 is 5.32 Å². The Morgan fingerprint density at radius 2 is 2.06 bits per heavy atom. The Morgan fingerprint density at radius 3 is 2.56 bits per heavy atom. The Hall–Kier alpha value is -0.0500. The van der Waals surface area contributed by atoms with Crippen molar-refractivity contribution in [2.24, 2.45) is 11.8 Å². The summed E-state index contributed by atoms with van der Waals surface area (Å²) >= 11 is 5.81. The third-order valence-electron chi connectivity index (χ3n) is 3.70. The van der Waals surface area contributed by atoms with Crippen molar-refractivity contribution >= 4 is 11.6 Å². The van der Waals surface area contributed by atoms with Crippen LogP contribution in [0.25, 0.3) is 0 Å². The van der Waals surface area contributed by atoms with E-state index in [-0.39, 0.29) is 0 Å². The average Bonchev–Trinajstić information content (AvgIpc) is 2.27. The summed E-state index contributed by atoms with van der Waals surface area (Å²) in [5.74, 6) is 1.44. The van der Waals surface area contributed by atoms with Crippen molar-refractivity contribution in [1.82, 2.24) is 10.2 Å². The number of rotatable bonds is 5. The number of nitrogens with one attached hydrogen (secondary N) is 1. The summed E-state index contributed by atoms with van der Waals surface area (Å²) < 4.78 is 0. The van der Waals surface area contributed by atoms with Gasteiger partial charge in [-0.2, -0.15) is 0 Å². The highest BCUT2D eigenvalue weighted by molar-refractivity contribution is 6.25. The fraction of sp³-hybridized carbons (Fsp3) is 0.867. The zero-order valence-corrected chi connectivity index (χ0v) is 13.3. The lowest BCUT2D eigenvalue weighted by Crippen LogP contribution is -2.58. The number of halogens is 1. The van der Waals surface area contributed by atoms with E-state index in [0.717, 1.165) is 25.6 Å². The summed E-state index contributed by atoms with van der Waals surface area (Å²) in [6, 6.07) is 1.25. The number of hydrogen-bond acceptors (Lipinski definition) is 2. The minimum Gasteiger partial charge on any atom is -0.311 e. The van der Waals surface area contributed by atoms with Gasteiger partial charge in [0.15, 0.2) is 0 Å². The molecule has 3 heteroatoms. The largest absolute Gasteiger partial charge is 0.311 e. The molecule has 1 heterocycles. The summed E-state index contributed by atoms with van der Waals surface area (Å²) in [6.07, 6.45) is 1.25. The number of piperazine rings is 1. The second-order valence-corrected chi connectivity index (χ2v) is 6.65. The van der Waals surface area contributed by atoms with Crippen LogP contribution in [-0.2, 0) is 0 Å². The van der Waals surface area contributed by atoms with Gasteiger partial charge in [0.25, 0.3) is 0 Å². The molecule has 0 aromatic heterocycles. The van der Waals surface area contributed by atoms with Crippen molar-refractivity contribution in [2.75, 3.05) is 19.6 Å². The monoisotopic (exact) mass is 272 g/mol. The van der Waals surface area contributed by atoms with E-state index in [1.807, 2.05) is 0 Å². The maximum atomic E-state index is 5.81. The van der Waals surface area contributed by atoms with E-state index in [9.17, 15) is 0 Å². The molecule has 1 saturated heterocycles. The average molecular weight is 273 g/mol. The van der Waals surface area contributed by atoms with E-state index >= 15 is 0 Å². The Balaban J connectivity index is 2.64. The minimum atomic E-state index is 0.625. The summed E-state index contributed by atoms with van der Waals surface area (Å²) in [5, 5.41) is 3.71. The molecule has 0 aliphatic carbocycles. The van der Waals surface area contributed by atoms with Crippen molar-refractivity contribution in [3.05, 3.63) is 11.1 Å². The number of nitrogens with zero attached hydrogens (tertiary/aromatic N) is 1. The van der Waals surface area contributed by atoms with Gasteiger partial charge in [-0.25, -0.2) is 0 Å². The molecule has 2 atom stereocenters. The van der Waals surface area contributed by atoms with E-state index in [1.165, 1.54) is 12.0 Å². The first-order chi connectivity index (χ1) is 8.43. The van der Waals surface area contributed by atoms with Gasteiger partial charge in [0, 0.05) is 37.3 Å². The smallest absolute Gasteiger partial charge is 0.0247 e. The van der Waals surface area contributed by atoms with Crippen molar-refractivity contribution in [1.29, 1.82) is 0 Å². The molecule has 0 aromatic rings. The molecule has 2 unspecified atom stereocenters. The first-order valence-electron chi connectivity index (χ1n) is 7.17. The van der Waals surface area contributed by atoms with Crippen LogP contribution in [0, 0.1) is 11.8 Å². The molecule has 0 radical (unpaired) electrons. The Bertz CT molecular complexity index is 274. The molecule has 2 nitrogen and oxygen atoms in total. The zero-order valence-electron chi connectivity index (χ0n) is 12.5. The first-order valence-corrected chi connectivity index (χ1v) is 7.61. The molecule has 0 spiro atoms. The van der Waals surface area contributed by atoms with Gasteiger partial charge in [-0.3, -0.25) is 4.90 Å². The molecule has 1 fully saturated rings. The van der Waals surface area contributed by atoms with Crippen molar-refractivity contribution < 1.29 is 0 Å². The van der Waals surface area contributed by atoms with Crippen LogP contribution >= 0.6 is 11.6 Å². The van der Waals surface area contributed by atoms with Crippen molar-refractivity contribution in [3.8, 4) is 0 Å². The van der Waals surface area contributed by atoms with Crippen molar-refractivity contribution in [3.63, 3.8) is 0 Å². The molecule has 0 amide bonds. The molecule has 18 heavy (non-hydrogen) atoms. The van der Waals surface area contributed by atoms with Gasteiger partial charge in [-0.15, -0.1) is 0 Å². The topological polar surface area (TPSA) is 15.3 Å². The van der Waals surface area contributed by atoms with Crippen LogP contribution in [0.4, 0.5) is 0 Å². The van der Waals surface area contributed by atoms with E-state index in [4.69, 9.17) is 11.6 Å². The molecular weight excluding hydrogens is 244 g/mol. The van der Waals surface area contributed by atoms with Crippen LogP contribution in [0.15, 0.2) is 11.1 Å². The van der Waals surface area contributed by atoms with Gasteiger partial charge in [0.1, 0.15) is 0 Å². The molecule has 1 rings (SSSR count). The Kier molecular flexibility index (Phi) is 6.68. The first kappa shape index (κ1) is 16.0. The molecule has 0 saturated carbocycles. The highest BCUT2D eigenvalue weighted by Gasteiger charge is 2.29. The van der Waals surface area contributed by atoms with Gasteiger partial charge in [0.2, 0.25) is 0 Å². The lowest BCUT2D eigenvalue weighted by atomic mass is 9.94. The molecule has 0 bridgehead atoms. The molecule has 106 valence electrons.